The van der Waals surface area contributed by atoms with Gasteiger partial charge in [0.15, 0.2) is 0 Å². The molecule has 0 bridgehead atoms. The molecule has 0 unspecified atom stereocenters. The first-order valence-electron chi connectivity index (χ1n) is 4.79. The third-order valence-corrected chi connectivity index (χ3v) is 2.80. The van der Waals surface area contributed by atoms with Gasteiger partial charge >= 0.3 is 6.61 Å². The zero-order valence-corrected chi connectivity index (χ0v) is 10.6. The average Bonchev–Trinajstić information content (AvgIpc) is 2.57. The highest BCUT2D eigenvalue weighted by atomic mass is 35.5. The lowest BCUT2D eigenvalue weighted by molar-refractivity contribution is -0.0552. The summed E-state index contributed by atoms with van der Waals surface area (Å²) in [5, 5.41) is 4.14. The minimum absolute atomic E-state index is 0.0345. The van der Waals surface area contributed by atoms with Gasteiger partial charge < -0.3 is 4.74 Å². The maximum Gasteiger partial charge on any atom is 0.388 e. The van der Waals surface area contributed by atoms with Gasteiger partial charge in [-0.15, -0.1) is 0 Å². The topological polar surface area (TPSA) is 39.9 Å². The number of aromatic nitrogens is 3. The van der Waals surface area contributed by atoms with E-state index in [-0.39, 0.29) is 21.7 Å². The Morgan fingerprint density at radius 2 is 2.11 bits per heavy atom. The number of aryl methyl sites for hydroxylation is 1. The summed E-state index contributed by atoms with van der Waals surface area (Å²) >= 11 is 11.8. The van der Waals surface area contributed by atoms with Gasteiger partial charge in [-0.3, -0.25) is 0 Å². The maximum atomic E-state index is 12.2. The lowest BCUT2D eigenvalue weighted by Gasteiger charge is -2.03. The van der Waals surface area contributed by atoms with E-state index in [9.17, 15) is 8.78 Å². The molecule has 18 heavy (non-hydrogen) atoms. The predicted molar refractivity (Wildman–Crippen MR) is 63.1 cm³/mol. The van der Waals surface area contributed by atoms with E-state index in [4.69, 9.17) is 23.2 Å². The summed E-state index contributed by atoms with van der Waals surface area (Å²) in [5.74, 6) is -0.221. The monoisotopic (exact) mass is 293 g/mol. The molecule has 0 aliphatic rings. The van der Waals surface area contributed by atoms with Crippen LogP contribution in [0.4, 0.5) is 8.78 Å². The van der Waals surface area contributed by atoms with Crippen molar-refractivity contribution in [1.29, 1.82) is 0 Å². The van der Waals surface area contributed by atoms with Gasteiger partial charge in [0.2, 0.25) is 5.88 Å². The Morgan fingerprint density at radius 1 is 1.39 bits per heavy atom. The Hall–Kier alpha value is -1.40. The van der Waals surface area contributed by atoms with E-state index in [2.05, 4.69) is 14.8 Å². The maximum absolute atomic E-state index is 12.2. The minimum atomic E-state index is -2.98. The molecule has 0 atom stereocenters. The smallest absolute Gasteiger partial charge is 0.388 e. The van der Waals surface area contributed by atoms with Crippen LogP contribution in [-0.2, 0) is 7.05 Å². The van der Waals surface area contributed by atoms with Crippen molar-refractivity contribution in [3.63, 3.8) is 0 Å². The third kappa shape index (κ3) is 2.39. The number of pyridine rings is 1. The number of nitrogens with zero attached hydrogens (tertiary/aromatic N) is 3. The lowest BCUT2D eigenvalue weighted by atomic mass is 10.2. The van der Waals surface area contributed by atoms with Crippen molar-refractivity contribution in [2.75, 3.05) is 0 Å². The van der Waals surface area contributed by atoms with E-state index < -0.39 is 6.61 Å². The van der Waals surface area contributed by atoms with Gasteiger partial charge in [0.1, 0.15) is 15.9 Å². The molecule has 0 spiro atoms. The summed E-state index contributed by atoms with van der Waals surface area (Å²) in [5.41, 5.74) is 0.691. The fraction of sp³-hybridized carbons (Fsp3) is 0.200. The number of ether oxygens (including phenoxy) is 1. The highest BCUT2D eigenvalue weighted by Gasteiger charge is 2.21. The number of alkyl halides is 2. The Kier molecular flexibility index (Phi) is 3.68. The van der Waals surface area contributed by atoms with Crippen LogP contribution in [0, 0.1) is 0 Å². The largest absolute Gasteiger partial charge is 0.416 e. The first kappa shape index (κ1) is 13.0. The number of hydrogen-bond donors (Lipinski definition) is 0. The fourth-order valence-corrected chi connectivity index (χ4v) is 1.95. The van der Waals surface area contributed by atoms with Gasteiger partial charge in [0.05, 0.1) is 0 Å². The number of halogens is 4. The Morgan fingerprint density at radius 3 is 2.72 bits per heavy atom. The summed E-state index contributed by atoms with van der Waals surface area (Å²) in [7, 11) is 1.44. The summed E-state index contributed by atoms with van der Waals surface area (Å²) in [6, 6.07) is 3.27. The number of hydrogen-bond acceptors (Lipinski definition) is 3. The van der Waals surface area contributed by atoms with Crippen molar-refractivity contribution in [2.45, 2.75) is 6.61 Å². The minimum Gasteiger partial charge on any atom is -0.416 e. The second-order valence-electron chi connectivity index (χ2n) is 3.31. The molecule has 0 aromatic carbocycles. The zero-order chi connectivity index (χ0) is 13.3. The second-order valence-corrected chi connectivity index (χ2v) is 4.05. The van der Waals surface area contributed by atoms with Gasteiger partial charge in [0, 0.05) is 18.8 Å². The van der Waals surface area contributed by atoms with E-state index in [0.29, 0.717) is 5.56 Å². The van der Waals surface area contributed by atoms with Crippen LogP contribution in [-0.4, -0.2) is 21.4 Å². The molecular weight excluding hydrogens is 287 g/mol. The van der Waals surface area contributed by atoms with Crippen LogP contribution in [0.1, 0.15) is 0 Å². The molecular formula is C10H7Cl2F2N3O. The van der Waals surface area contributed by atoms with Crippen molar-refractivity contribution in [1.82, 2.24) is 14.8 Å². The normalized spacial score (nSPS) is 11.0. The van der Waals surface area contributed by atoms with E-state index >= 15 is 0 Å². The summed E-state index contributed by atoms with van der Waals surface area (Å²) < 4.78 is 29.8. The molecule has 8 heteroatoms. The van der Waals surface area contributed by atoms with Gasteiger partial charge in [-0.1, -0.05) is 23.2 Å². The first-order valence-corrected chi connectivity index (χ1v) is 5.54. The fourth-order valence-electron chi connectivity index (χ4n) is 1.43. The first-order chi connectivity index (χ1) is 8.50. The van der Waals surface area contributed by atoms with E-state index in [1.165, 1.54) is 13.2 Å². The second kappa shape index (κ2) is 5.07. The standard InChI is InChI=1S/C10H7Cl2F2N3O/c1-17-9(18-10(13)14)6(11)7(16-17)5-3-2-4-15-8(5)12/h2-4,10H,1H3. The molecule has 0 saturated heterocycles. The van der Waals surface area contributed by atoms with Gasteiger partial charge in [0.25, 0.3) is 0 Å². The van der Waals surface area contributed by atoms with Crippen molar-refractivity contribution < 1.29 is 13.5 Å². The van der Waals surface area contributed by atoms with Crippen LogP contribution in [0.15, 0.2) is 18.3 Å². The summed E-state index contributed by atoms with van der Waals surface area (Å²) in [4.78, 5) is 3.87. The highest BCUT2D eigenvalue weighted by Crippen LogP contribution is 2.37. The molecule has 0 aliphatic heterocycles. The van der Waals surface area contributed by atoms with Crippen molar-refractivity contribution in [2.24, 2.45) is 7.05 Å². The molecule has 0 amide bonds. The molecule has 0 radical (unpaired) electrons. The van der Waals surface area contributed by atoms with E-state index in [0.717, 1.165) is 4.68 Å². The van der Waals surface area contributed by atoms with Crippen LogP contribution in [0.2, 0.25) is 10.2 Å². The van der Waals surface area contributed by atoms with Crippen LogP contribution >= 0.6 is 23.2 Å². The van der Waals surface area contributed by atoms with Crippen LogP contribution in [0.3, 0.4) is 0 Å². The Labute approximate surface area is 111 Å². The SMILES string of the molecule is Cn1nc(-c2cccnc2Cl)c(Cl)c1OC(F)F. The molecule has 2 aromatic rings. The third-order valence-electron chi connectivity index (χ3n) is 2.15. The van der Waals surface area contributed by atoms with Crippen LogP contribution < -0.4 is 4.74 Å². The summed E-state index contributed by atoms with van der Waals surface area (Å²) in [6.07, 6.45) is 1.50. The number of rotatable bonds is 3. The molecule has 0 N–H and O–H groups in total. The van der Waals surface area contributed by atoms with Gasteiger partial charge in [-0.25, -0.2) is 9.67 Å². The van der Waals surface area contributed by atoms with Crippen LogP contribution in [0.25, 0.3) is 11.3 Å². The van der Waals surface area contributed by atoms with Crippen molar-refractivity contribution >= 4 is 23.2 Å². The van der Waals surface area contributed by atoms with Gasteiger partial charge in [-0.05, 0) is 12.1 Å². The molecule has 2 aromatic heterocycles. The molecule has 4 nitrogen and oxygen atoms in total. The highest BCUT2D eigenvalue weighted by molar-refractivity contribution is 6.36. The predicted octanol–water partition coefficient (Wildman–Crippen LogP) is 3.39. The lowest BCUT2D eigenvalue weighted by Crippen LogP contribution is -2.06. The molecule has 96 valence electrons. The Balaban J connectivity index is 2.51. The summed E-state index contributed by atoms with van der Waals surface area (Å²) in [6.45, 7) is -2.98. The van der Waals surface area contributed by atoms with Crippen LogP contribution in [0.5, 0.6) is 5.88 Å². The van der Waals surface area contributed by atoms with E-state index in [1.807, 2.05) is 0 Å². The molecule has 2 heterocycles. The van der Waals surface area contributed by atoms with Crippen molar-refractivity contribution in [3.05, 3.63) is 28.5 Å². The average molecular weight is 294 g/mol. The molecule has 0 fully saturated rings. The van der Waals surface area contributed by atoms with Gasteiger partial charge in [-0.2, -0.15) is 13.9 Å². The zero-order valence-electron chi connectivity index (χ0n) is 9.07. The Bertz CT molecular complexity index is 574. The quantitative estimate of drug-likeness (QED) is 0.815. The molecule has 0 saturated carbocycles. The molecule has 2 rings (SSSR count). The van der Waals surface area contributed by atoms with E-state index in [1.54, 1.807) is 12.1 Å². The molecule has 0 aliphatic carbocycles. The van der Waals surface area contributed by atoms with Crippen molar-refractivity contribution in [3.8, 4) is 17.1 Å².